The van der Waals surface area contributed by atoms with Crippen molar-refractivity contribution in [2.75, 3.05) is 38.8 Å². The van der Waals surface area contributed by atoms with Crippen LogP contribution in [0.3, 0.4) is 0 Å². The number of aromatic hydroxyl groups is 1. The van der Waals surface area contributed by atoms with Crippen LogP contribution in [0.15, 0.2) is 12.1 Å². The molecule has 1 aromatic heterocycles. The normalized spacial score (nSPS) is 20.0. The van der Waals surface area contributed by atoms with Crippen LogP contribution in [0.2, 0.25) is 0 Å². The smallest absolute Gasteiger partial charge is 0.154 e. The van der Waals surface area contributed by atoms with E-state index in [1.54, 1.807) is 14.0 Å². The van der Waals surface area contributed by atoms with Crippen molar-refractivity contribution in [1.82, 2.24) is 10.2 Å². The molecule has 1 saturated heterocycles. The molecule has 1 fully saturated rings. The topological polar surface area (TPSA) is 106 Å². The van der Waals surface area contributed by atoms with Gasteiger partial charge in [-0.3, -0.25) is 0 Å². The van der Waals surface area contributed by atoms with E-state index in [0.29, 0.717) is 36.9 Å². The molecule has 8 nitrogen and oxygen atoms in total. The Kier molecular flexibility index (Phi) is 8.14. The molecule has 4 rings (SSSR count). The fourth-order valence-corrected chi connectivity index (χ4v) is 3.67. The molecule has 3 N–H and O–H groups in total. The van der Waals surface area contributed by atoms with Crippen molar-refractivity contribution < 1.29 is 28.8 Å². The van der Waals surface area contributed by atoms with Crippen molar-refractivity contribution in [2.24, 2.45) is 0 Å². The third kappa shape index (κ3) is 5.48. The fraction of sp³-hybridized carbons (Fsp3) is 0.545. The van der Waals surface area contributed by atoms with Gasteiger partial charge in [0.15, 0.2) is 5.82 Å². The molecular weight excluding hydrogens is 405 g/mol. The van der Waals surface area contributed by atoms with E-state index in [2.05, 4.69) is 15.5 Å². The second-order valence-corrected chi connectivity index (χ2v) is 7.51. The Morgan fingerprint density at radius 2 is 2.13 bits per heavy atom. The number of ether oxygens (including phenoxy) is 3. The number of benzene rings is 1. The zero-order chi connectivity index (χ0) is 22.4. The summed E-state index contributed by atoms with van der Waals surface area (Å²) in [4.78, 5) is 0. The highest BCUT2D eigenvalue weighted by Gasteiger charge is 2.32. The summed E-state index contributed by atoms with van der Waals surface area (Å²) in [5.74, 6) is -0.119. The Bertz CT molecular complexity index is 867. The van der Waals surface area contributed by atoms with E-state index >= 15 is 0 Å². The molecule has 0 spiro atoms. The van der Waals surface area contributed by atoms with Crippen LogP contribution in [0.25, 0.3) is 11.3 Å². The minimum Gasteiger partial charge on any atom is -0.507 e. The summed E-state index contributed by atoms with van der Waals surface area (Å²) >= 11 is 0. The van der Waals surface area contributed by atoms with Gasteiger partial charge in [0.25, 0.3) is 0 Å². The van der Waals surface area contributed by atoms with Crippen LogP contribution in [-0.2, 0) is 20.8 Å². The number of phenols is 1. The van der Waals surface area contributed by atoms with Crippen LogP contribution < -0.4 is 5.32 Å². The molecule has 2 aliphatic rings. The maximum atomic E-state index is 14.4. The summed E-state index contributed by atoms with van der Waals surface area (Å²) in [6.45, 7) is 6.21. The van der Waals surface area contributed by atoms with Gasteiger partial charge in [-0.1, -0.05) is 0 Å². The van der Waals surface area contributed by atoms with E-state index in [9.17, 15) is 9.50 Å². The summed E-state index contributed by atoms with van der Waals surface area (Å²) in [5.41, 5.74) is 2.51. The lowest BCUT2D eigenvalue weighted by molar-refractivity contribution is -0.00542. The number of aliphatic hydroxyl groups excluding tert-OH is 1. The molecule has 9 heteroatoms. The van der Waals surface area contributed by atoms with Crippen LogP contribution in [0.4, 0.5) is 10.2 Å². The fourth-order valence-electron chi connectivity index (χ4n) is 3.67. The van der Waals surface area contributed by atoms with Gasteiger partial charge >= 0.3 is 0 Å². The van der Waals surface area contributed by atoms with E-state index in [4.69, 9.17) is 19.3 Å². The average Bonchev–Trinajstić information content (AvgIpc) is 3.17. The number of aryl methyl sites for hydroxylation is 1. The zero-order valence-electron chi connectivity index (χ0n) is 18.2. The third-order valence-corrected chi connectivity index (χ3v) is 5.16. The number of anilines is 1. The molecule has 1 aromatic carbocycles. The van der Waals surface area contributed by atoms with Gasteiger partial charge in [-0.25, -0.2) is 4.39 Å². The van der Waals surface area contributed by atoms with Crippen molar-refractivity contribution in [3.63, 3.8) is 0 Å². The molecule has 2 aromatic rings. The molecule has 0 saturated carbocycles. The molecule has 3 heterocycles. The number of aromatic nitrogens is 2. The maximum Gasteiger partial charge on any atom is 0.154 e. The molecular formula is C22H30FN3O5. The zero-order valence-corrected chi connectivity index (χ0v) is 18.2. The van der Waals surface area contributed by atoms with Crippen molar-refractivity contribution in [3.05, 3.63) is 34.6 Å². The molecule has 31 heavy (non-hydrogen) atoms. The van der Waals surface area contributed by atoms with E-state index in [1.165, 1.54) is 12.1 Å². The van der Waals surface area contributed by atoms with Gasteiger partial charge < -0.3 is 29.7 Å². The van der Waals surface area contributed by atoms with Crippen LogP contribution in [0, 0.1) is 12.7 Å². The molecule has 2 aliphatic heterocycles. The van der Waals surface area contributed by atoms with Crippen molar-refractivity contribution in [1.29, 1.82) is 0 Å². The van der Waals surface area contributed by atoms with Crippen molar-refractivity contribution in [2.45, 2.75) is 45.5 Å². The molecule has 0 amide bonds. The second kappa shape index (κ2) is 10.8. The number of rotatable bonds is 5. The number of hydrogen-bond donors (Lipinski definition) is 3. The number of fused-ring (bicyclic) bond motifs is 1. The summed E-state index contributed by atoms with van der Waals surface area (Å²) in [5, 5.41) is 30.2. The van der Waals surface area contributed by atoms with Crippen LogP contribution >= 0.6 is 0 Å². The molecule has 1 unspecified atom stereocenters. The van der Waals surface area contributed by atoms with Gasteiger partial charge in [0, 0.05) is 31.4 Å². The monoisotopic (exact) mass is 435 g/mol. The van der Waals surface area contributed by atoms with Gasteiger partial charge in [0.05, 0.1) is 31.5 Å². The van der Waals surface area contributed by atoms with Gasteiger partial charge in [0.1, 0.15) is 23.4 Å². The number of aliphatic hydroxyl groups is 1. The average molecular weight is 435 g/mol. The van der Waals surface area contributed by atoms with Gasteiger partial charge in [-0.05, 0) is 44.4 Å². The molecule has 170 valence electrons. The molecule has 0 radical (unpaired) electrons. The van der Waals surface area contributed by atoms with Gasteiger partial charge in [-0.15, -0.1) is 10.2 Å². The first-order chi connectivity index (χ1) is 15.0. The van der Waals surface area contributed by atoms with Crippen LogP contribution in [0.1, 0.15) is 42.6 Å². The number of hydrogen-bond acceptors (Lipinski definition) is 8. The van der Waals surface area contributed by atoms with Gasteiger partial charge in [0.2, 0.25) is 0 Å². The third-order valence-electron chi connectivity index (χ3n) is 5.16. The van der Waals surface area contributed by atoms with E-state index in [-0.39, 0.29) is 30.1 Å². The first-order valence-electron chi connectivity index (χ1n) is 10.5. The Balaban J connectivity index is 0.000000330. The SMILES string of the molecule is CCOC[C@H]1OCc2c(-c3c(O)cc(C)cc3F)nnc(NC)c21.OC1CCCOC1. The van der Waals surface area contributed by atoms with Crippen molar-refractivity contribution >= 4 is 5.82 Å². The number of nitrogens with zero attached hydrogens (tertiary/aromatic N) is 2. The second-order valence-electron chi connectivity index (χ2n) is 7.51. The summed E-state index contributed by atoms with van der Waals surface area (Å²) in [7, 11) is 1.74. The van der Waals surface area contributed by atoms with Crippen molar-refractivity contribution in [3.8, 4) is 17.0 Å². The standard InChI is InChI=1S/C17H20FN3O3.C5H10O2/c1-4-23-8-13-14-10(7-24-13)16(20-21-17(14)19-3)15-11(18)5-9(2)6-12(15)22;6-5-2-1-3-7-4-5/h5-6,13,22H,4,7-8H2,1-3H3,(H,19,21);5-6H,1-4H2/t13-;/m1./s1. The minimum atomic E-state index is -0.533. The summed E-state index contributed by atoms with van der Waals surface area (Å²) in [6.07, 6.45) is 1.45. The summed E-state index contributed by atoms with van der Waals surface area (Å²) in [6, 6.07) is 2.87. The quantitative estimate of drug-likeness (QED) is 0.658. The number of phenolic OH excluding ortho intramolecular Hbond substituents is 1. The highest BCUT2D eigenvalue weighted by molar-refractivity contribution is 5.73. The first-order valence-corrected chi connectivity index (χ1v) is 10.5. The Hall–Kier alpha value is -2.33. The highest BCUT2D eigenvalue weighted by atomic mass is 19.1. The number of halogens is 1. The van der Waals surface area contributed by atoms with E-state index < -0.39 is 5.82 Å². The van der Waals surface area contributed by atoms with E-state index in [1.807, 2.05) is 6.92 Å². The molecule has 0 aliphatic carbocycles. The minimum absolute atomic E-state index is 0.0488. The summed E-state index contributed by atoms with van der Waals surface area (Å²) < 4.78 is 30.6. The lowest BCUT2D eigenvalue weighted by Gasteiger charge is -2.15. The highest BCUT2D eigenvalue weighted by Crippen LogP contribution is 2.42. The predicted octanol–water partition coefficient (Wildman–Crippen LogP) is 3.10. The Morgan fingerprint density at radius 1 is 1.32 bits per heavy atom. The first kappa shape index (κ1) is 23.3. The predicted molar refractivity (Wildman–Crippen MR) is 113 cm³/mol. The largest absolute Gasteiger partial charge is 0.507 e. The lowest BCUT2D eigenvalue weighted by Crippen LogP contribution is -2.21. The molecule has 2 atom stereocenters. The lowest BCUT2D eigenvalue weighted by atomic mass is 9.99. The Labute approximate surface area is 181 Å². The molecule has 0 bridgehead atoms. The van der Waals surface area contributed by atoms with Gasteiger partial charge in [-0.2, -0.15) is 0 Å². The van der Waals surface area contributed by atoms with Crippen LogP contribution in [0.5, 0.6) is 5.75 Å². The van der Waals surface area contributed by atoms with E-state index in [0.717, 1.165) is 30.6 Å². The maximum absolute atomic E-state index is 14.4. The Morgan fingerprint density at radius 3 is 2.71 bits per heavy atom. The number of nitrogens with one attached hydrogen (secondary N) is 1. The van der Waals surface area contributed by atoms with Crippen LogP contribution in [-0.4, -0.2) is 60.0 Å².